The van der Waals surface area contributed by atoms with E-state index in [0.29, 0.717) is 0 Å². The molecule has 0 aliphatic rings. The molecule has 0 aliphatic heterocycles. The average Bonchev–Trinajstić information content (AvgIpc) is 1.98. The number of hydrogen-bond acceptors (Lipinski definition) is 1. The first-order valence-electron chi connectivity index (χ1n) is 3.19. The van der Waals surface area contributed by atoms with Gasteiger partial charge in [-0.05, 0) is 27.1 Å². The van der Waals surface area contributed by atoms with Crippen molar-refractivity contribution >= 4 is 9.03 Å². The lowest BCUT2D eigenvalue weighted by atomic mass is 10.2. The van der Waals surface area contributed by atoms with Crippen molar-refractivity contribution in [1.82, 2.24) is 0 Å². The highest BCUT2D eigenvalue weighted by molar-refractivity contribution is 7.04. The summed E-state index contributed by atoms with van der Waals surface area (Å²) >= 11 is 0. The van der Waals surface area contributed by atoms with Crippen LogP contribution in [-0.4, -0.2) is 0 Å². The summed E-state index contributed by atoms with van der Waals surface area (Å²) in [5.41, 5.74) is 1.22. The molecule has 0 spiro atoms. The summed E-state index contributed by atoms with van der Waals surface area (Å²) in [7, 11) is 2.99. The largest absolute Gasteiger partial charge is 0.244 e. The third kappa shape index (κ3) is 4.22. The van der Waals surface area contributed by atoms with Gasteiger partial charge in [-0.1, -0.05) is 25.7 Å². The van der Waals surface area contributed by atoms with Crippen LogP contribution in [0.4, 0.5) is 0 Å². The van der Waals surface area contributed by atoms with Gasteiger partial charge in [0.25, 0.3) is 0 Å². The third-order valence-corrected chi connectivity index (χ3v) is 1.25. The van der Waals surface area contributed by atoms with E-state index < -0.39 is 0 Å². The van der Waals surface area contributed by atoms with Crippen LogP contribution in [0.15, 0.2) is 41.3 Å². The molecule has 2 heteroatoms. The average molecular weight is 153 g/mol. The summed E-state index contributed by atoms with van der Waals surface area (Å²) in [4.78, 5) is 0. The molecule has 0 aliphatic carbocycles. The fourth-order valence-electron chi connectivity index (χ4n) is 0.576. The minimum atomic E-state index is 1.00. The Hall–Kier alpha value is -0.680. The normalized spacial score (nSPS) is 11.9. The maximum atomic E-state index is 3.66. The molecular weight excluding hydrogens is 141 g/mol. The molecule has 10 heavy (non-hydrogen) atoms. The van der Waals surface area contributed by atoms with E-state index in [0.717, 1.165) is 6.42 Å². The first-order valence-corrected chi connectivity index (χ1v) is 3.64. The zero-order valence-electron chi connectivity index (χ0n) is 6.17. The number of allylic oxidation sites excluding steroid dienone is 4. The van der Waals surface area contributed by atoms with Crippen LogP contribution in [0.1, 0.15) is 13.3 Å². The molecule has 0 aromatic carbocycles. The molecule has 0 heterocycles. The molecule has 0 rings (SSSR count). The van der Waals surface area contributed by atoms with Crippen molar-refractivity contribution in [1.29, 1.82) is 0 Å². The highest BCUT2D eigenvalue weighted by Gasteiger charge is 1.82. The second kappa shape index (κ2) is 6.44. The SMILES string of the molecule is C=C/C=C(\C=C/N=P)CC. The number of nitrogens with zero attached hydrogens (tertiary/aromatic N) is 1. The Bertz CT molecular complexity index is 168. The minimum absolute atomic E-state index is 1.00. The van der Waals surface area contributed by atoms with E-state index in [1.54, 1.807) is 12.3 Å². The Labute approximate surface area is 64.5 Å². The van der Waals surface area contributed by atoms with E-state index in [1.807, 2.05) is 12.2 Å². The molecule has 0 bridgehead atoms. The van der Waals surface area contributed by atoms with Crippen LogP contribution in [0.25, 0.3) is 0 Å². The van der Waals surface area contributed by atoms with E-state index in [4.69, 9.17) is 0 Å². The van der Waals surface area contributed by atoms with Gasteiger partial charge in [0.15, 0.2) is 0 Å². The van der Waals surface area contributed by atoms with E-state index >= 15 is 0 Å². The van der Waals surface area contributed by atoms with Gasteiger partial charge >= 0.3 is 0 Å². The van der Waals surface area contributed by atoms with Crippen molar-refractivity contribution in [3.63, 3.8) is 0 Å². The van der Waals surface area contributed by atoms with Crippen LogP contribution in [0.2, 0.25) is 0 Å². The van der Waals surface area contributed by atoms with Crippen LogP contribution < -0.4 is 0 Å². The molecule has 0 radical (unpaired) electrons. The lowest BCUT2D eigenvalue weighted by molar-refractivity contribution is 1.15. The zero-order chi connectivity index (χ0) is 7.82. The highest BCUT2D eigenvalue weighted by Crippen LogP contribution is 2.02. The lowest BCUT2D eigenvalue weighted by Gasteiger charge is -1.90. The van der Waals surface area contributed by atoms with Crippen LogP contribution in [0.5, 0.6) is 0 Å². The van der Waals surface area contributed by atoms with Gasteiger partial charge in [0.1, 0.15) is 0 Å². The van der Waals surface area contributed by atoms with Gasteiger partial charge in [-0.15, -0.1) is 0 Å². The molecule has 0 atom stereocenters. The maximum Gasteiger partial charge on any atom is 0.0313 e. The second-order valence-electron chi connectivity index (χ2n) is 1.78. The lowest BCUT2D eigenvalue weighted by Crippen LogP contribution is -1.70. The van der Waals surface area contributed by atoms with E-state index in [9.17, 15) is 0 Å². The van der Waals surface area contributed by atoms with Crippen molar-refractivity contribution in [2.45, 2.75) is 13.3 Å². The van der Waals surface area contributed by atoms with Crippen molar-refractivity contribution in [3.05, 3.63) is 36.6 Å². The van der Waals surface area contributed by atoms with E-state index in [1.165, 1.54) is 5.57 Å². The Morgan fingerprint density at radius 1 is 1.70 bits per heavy atom. The molecule has 0 aromatic rings. The molecule has 0 amide bonds. The summed E-state index contributed by atoms with van der Waals surface area (Å²) in [5, 5.41) is 0. The highest BCUT2D eigenvalue weighted by atomic mass is 31.0. The molecule has 0 fully saturated rings. The summed E-state index contributed by atoms with van der Waals surface area (Å²) in [6, 6.07) is 0. The van der Waals surface area contributed by atoms with E-state index in [2.05, 4.69) is 27.3 Å². The predicted octanol–water partition coefficient (Wildman–Crippen LogP) is 3.35. The molecule has 0 saturated carbocycles. The fourth-order valence-corrected chi connectivity index (χ4v) is 0.650. The van der Waals surface area contributed by atoms with Crippen molar-refractivity contribution < 1.29 is 0 Å². The molecule has 0 unspecified atom stereocenters. The molecule has 1 nitrogen and oxygen atoms in total. The Balaban J connectivity index is 4.06. The van der Waals surface area contributed by atoms with Gasteiger partial charge in [0.05, 0.1) is 0 Å². The molecule has 0 aromatic heterocycles. The standard InChI is InChI=1S/C8H12NP/c1-3-5-8(4-2)6-7-9-10/h3,5-7,10H,1,4H2,2H3/b7-6-,8-5-. The molecule has 54 valence electrons. The number of rotatable bonds is 4. The Kier molecular flexibility index (Phi) is 6.00. The summed E-state index contributed by atoms with van der Waals surface area (Å²) in [6.45, 7) is 5.69. The summed E-state index contributed by atoms with van der Waals surface area (Å²) in [6.07, 6.45) is 8.39. The van der Waals surface area contributed by atoms with E-state index in [-0.39, 0.29) is 0 Å². The molecule has 0 N–H and O–H groups in total. The van der Waals surface area contributed by atoms with Gasteiger partial charge in [0, 0.05) is 6.20 Å². The van der Waals surface area contributed by atoms with Crippen molar-refractivity contribution in [3.8, 4) is 0 Å². The van der Waals surface area contributed by atoms with Gasteiger partial charge in [-0.25, -0.2) is 4.74 Å². The molecule has 0 saturated heterocycles. The summed E-state index contributed by atoms with van der Waals surface area (Å²) in [5.74, 6) is 0. The van der Waals surface area contributed by atoms with Crippen molar-refractivity contribution in [2.75, 3.05) is 0 Å². The Morgan fingerprint density at radius 3 is 2.80 bits per heavy atom. The monoisotopic (exact) mass is 153 g/mol. The Morgan fingerprint density at radius 2 is 2.40 bits per heavy atom. The van der Waals surface area contributed by atoms with Crippen molar-refractivity contribution in [2.24, 2.45) is 4.74 Å². The van der Waals surface area contributed by atoms with Gasteiger partial charge < -0.3 is 0 Å². The van der Waals surface area contributed by atoms with Crippen LogP contribution in [-0.2, 0) is 0 Å². The quantitative estimate of drug-likeness (QED) is 0.433. The number of hydrogen-bond donors (Lipinski definition) is 0. The van der Waals surface area contributed by atoms with Gasteiger partial charge in [-0.2, -0.15) is 0 Å². The van der Waals surface area contributed by atoms with Crippen LogP contribution in [0.3, 0.4) is 0 Å². The zero-order valence-corrected chi connectivity index (χ0v) is 7.17. The smallest absolute Gasteiger partial charge is 0.0313 e. The fraction of sp³-hybridized carbons (Fsp3) is 0.250. The topological polar surface area (TPSA) is 12.4 Å². The van der Waals surface area contributed by atoms with Crippen LogP contribution in [0, 0.1) is 0 Å². The first-order chi connectivity index (χ1) is 4.85. The minimum Gasteiger partial charge on any atom is -0.244 e. The first kappa shape index (κ1) is 9.32. The maximum absolute atomic E-state index is 3.66. The van der Waals surface area contributed by atoms with Gasteiger partial charge in [-0.3, -0.25) is 0 Å². The third-order valence-electron chi connectivity index (χ3n) is 1.10. The second-order valence-corrected chi connectivity index (χ2v) is 2.03. The molecular formula is C8H12NP. The summed E-state index contributed by atoms with van der Waals surface area (Å²) < 4.78 is 3.66. The van der Waals surface area contributed by atoms with Crippen LogP contribution >= 0.6 is 9.03 Å². The predicted molar refractivity (Wildman–Crippen MR) is 48.5 cm³/mol. The van der Waals surface area contributed by atoms with Gasteiger partial charge in [0.2, 0.25) is 0 Å².